The minimum atomic E-state index is 0.159. The van der Waals surface area contributed by atoms with Gasteiger partial charge in [0, 0.05) is 15.6 Å². The van der Waals surface area contributed by atoms with Crippen LogP contribution >= 0.6 is 15.9 Å². The molecule has 0 aliphatic rings. The SMILES string of the molecule is Oc1ccccc1-c1cc(-c2ccc(Br)cc2)nc(N/N=C/c2ccccc2)n1. The summed E-state index contributed by atoms with van der Waals surface area (Å²) in [6, 6.07) is 26.6. The van der Waals surface area contributed by atoms with E-state index < -0.39 is 0 Å². The van der Waals surface area contributed by atoms with E-state index in [0.29, 0.717) is 17.2 Å². The van der Waals surface area contributed by atoms with Crippen LogP contribution in [0.4, 0.5) is 5.95 Å². The fourth-order valence-corrected chi connectivity index (χ4v) is 3.06. The van der Waals surface area contributed by atoms with E-state index >= 15 is 0 Å². The van der Waals surface area contributed by atoms with E-state index in [9.17, 15) is 5.11 Å². The molecule has 0 unspecified atom stereocenters. The number of anilines is 1. The first kappa shape index (κ1) is 18.8. The molecule has 29 heavy (non-hydrogen) atoms. The van der Waals surface area contributed by atoms with E-state index in [1.807, 2.05) is 72.8 Å². The number of benzene rings is 3. The van der Waals surface area contributed by atoms with Gasteiger partial charge in [0.2, 0.25) is 5.95 Å². The van der Waals surface area contributed by atoms with Gasteiger partial charge >= 0.3 is 0 Å². The topological polar surface area (TPSA) is 70.4 Å². The highest BCUT2D eigenvalue weighted by Crippen LogP contribution is 2.31. The third kappa shape index (κ3) is 4.67. The van der Waals surface area contributed by atoms with Crippen molar-refractivity contribution in [3.8, 4) is 28.3 Å². The molecule has 0 atom stereocenters. The summed E-state index contributed by atoms with van der Waals surface area (Å²) in [6.07, 6.45) is 1.70. The quantitative estimate of drug-likeness (QED) is 0.304. The number of rotatable bonds is 5. The van der Waals surface area contributed by atoms with Crippen LogP contribution in [0, 0.1) is 0 Å². The number of phenols is 1. The molecule has 2 N–H and O–H groups in total. The molecule has 1 aromatic heterocycles. The summed E-state index contributed by atoms with van der Waals surface area (Å²) in [6.45, 7) is 0. The van der Waals surface area contributed by atoms with E-state index in [1.54, 1.807) is 18.3 Å². The monoisotopic (exact) mass is 444 g/mol. The number of nitrogens with one attached hydrogen (secondary N) is 1. The molecule has 0 amide bonds. The molecular formula is C23H17BrN4O. The first-order valence-corrected chi connectivity index (χ1v) is 9.76. The largest absolute Gasteiger partial charge is 0.507 e. The molecule has 0 spiro atoms. The van der Waals surface area contributed by atoms with Crippen molar-refractivity contribution in [3.63, 3.8) is 0 Å². The molecule has 6 heteroatoms. The van der Waals surface area contributed by atoms with E-state index in [4.69, 9.17) is 0 Å². The third-order valence-corrected chi connectivity index (χ3v) is 4.75. The first-order valence-electron chi connectivity index (χ1n) is 8.96. The highest BCUT2D eigenvalue weighted by Gasteiger charge is 2.11. The molecule has 0 fully saturated rings. The average Bonchev–Trinajstić information content (AvgIpc) is 2.75. The van der Waals surface area contributed by atoms with Crippen molar-refractivity contribution in [2.24, 2.45) is 5.10 Å². The highest BCUT2D eigenvalue weighted by molar-refractivity contribution is 9.10. The summed E-state index contributed by atoms with van der Waals surface area (Å²) in [5.74, 6) is 0.502. The maximum absolute atomic E-state index is 10.3. The van der Waals surface area contributed by atoms with Crippen LogP contribution in [0.25, 0.3) is 22.5 Å². The van der Waals surface area contributed by atoms with E-state index in [0.717, 1.165) is 21.3 Å². The number of halogens is 1. The van der Waals surface area contributed by atoms with Crippen molar-refractivity contribution in [1.29, 1.82) is 0 Å². The Balaban J connectivity index is 1.72. The molecule has 4 aromatic rings. The van der Waals surface area contributed by atoms with E-state index in [-0.39, 0.29) is 5.75 Å². The number of aromatic hydroxyl groups is 1. The van der Waals surface area contributed by atoms with Crippen LogP contribution in [0.3, 0.4) is 0 Å². The molecule has 0 bridgehead atoms. The zero-order chi connectivity index (χ0) is 20.1. The van der Waals surface area contributed by atoms with Crippen LogP contribution in [0.5, 0.6) is 5.75 Å². The molecule has 3 aromatic carbocycles. The van der Waals surface area contributed by atoms with Crippen LogP contribution < -0.4 is 5.43 Å². The van der Waals surface area contributed by atoms with Crippen molar-refractivity contribution in [3.05, 3.63) is 95.0 Å². The second kappa shape index (κ2) is 8.67. The van der Waals surface area contributed by atoms with Crippen LogP contribution in [0.1, 0.15) is 5.56 Å². The lowest BCUT2D eigenvalue weighted by molar-refractivity contribution is 0.477. The van der Waals surface area contributed by atoms with Gasteiger partial charge in [-0.15, -0.1) is 0 Å². The lowest BCUT2D eigenvalue weighted by Crippen LogP contribution is -2.00. The molecule has 142 valence electrons. The number of hydrazone groups is 1. The van der Waals surface area contributed by atoms with E-state index in [1.165, 1.54) is 0 Å². The van der Waals surface area contributed by atoms with Gasteiger partial charge in [-0.25, -0.2) is 15.4 Å². The molecule has 0 aliphatic heterocycles. The molecule has 4 rings (SSSR count). The summed E-state index contributed by atoms with van der Waals surface area (Å²) >= 11 is 3.45. The summed E-state index contributed by atoms with van der Waals surface area (Å²) in [4.78, 5) is 9.12. The summed E-state index contributed by atoms with van der Waals surface area (Å²) in [7, 11) is 0. The normalized spacial score (nSPS) is 10.9. The second-order valence-corrected chi connectivity index (χ2v) is 7.18. The van der Waals surface area contributed by atoms with Gasteiger partial charge in [0.15, 0.2) is 0 Å². The van der Waals surface area contributed by atoms with E-state index in [2.05, 4.69) is 36.4 Å². The minimum absolute atomic E-state index is 0.159. The van der Waals surface area contributed by atoms with Gasteiger partial charge < -0.3 is 5.11 Å². The fourth-order valence-electron chi connectivity index (χ4n) is 2.80. The maximum Gasteiger partial charge on any atom is 0.244 e. The van der Waals surface area contributed by atoms with Crippen molar-refractivity contribution < 1.29 is 5.11 Å². The van der Waals surface area contributed by atoms with Gasteiger partial charge in [0.1, 0.15) is 5.75 Å². The third-order valence-electron chi connectivity index (χ3n) is 4.22. The number of hydrogen-bond donors (Lipinski definition) is 2. The number of para-hydroxylation sites is 1. The maximum atomic E-state index is 10.3. The smallest absolute Gasteiger partial charge is 0.244 e. The molecule has 0 radical (unpaired) electrons. The zero-order valence-corrected chi connectivity index (χ0v) is 16.9. The Labute approximate surface area is 176 Å². The number of phenolic OH excluding ortho intramolecular Hbond substituents is 1. The molecule has 0 saturated heterocycles. The number of nitrogens with zero attached hydrogens (tertiary/aromatic N) is 3. The minimum Gasteiger partial charge on any atom is -0.507 e. The first-order chi connectivity index (χ1) is 14.2. The van der Waals surface area contributed by atoms with Crippen molar-refractivity contribution in [1.82, 2.24) is 9.97 Å². The molecule has 5 nitrogen and oxygen atoms in total. The van der Waals surface area contributed by atoms with Gasteiger partial charge in [-0.05, 0) is 35.9 Å². The van der Waals surface area contributed by atoms with Gasteiger partial charge in [-0.3, -0.25) is 0 Å². The summed E-state index contributed by atoms with van der Waals surface area (Å²) in [5, 5.41) is 14.5. The Morgan fingerprint density at radius 2 is 1.52 bits per heavy atom. The van der Waals surface area contributed by atoms with Crippen LogP contribution in [0.15, 0.2) is 94.5 Å². The van der Waals surface area contributed by atoms with Crippen molar-refractivity contribution in [2.45, 2.75) is 0 Å². The lowest BCUT2D eigenvalue weighted by Gasteiger charge is -2.09. The Hall–Kier alpha value is -3.51. The van der Waals surface area contributed by atoms with Gasteiger partial charge in [-0.1, -0.05) is 70.5 Å². The summed E-state index contributed by atoms with van der Waals surface area (Å²) in [5.41, 5.74) is 6.75. The number of hydrogen-bond acceptors (Lipinski definition) is 5. The molecular weight excluding hydrogens is 428 g/mol. The fraction of sp³-hybridized carbons (Fsp3) is 0. The Bertz CT molecular complexity index is 1150. The van der Waals surface area contributed by atoms with Crippen LogP contribution in [0.2, 0.25) is 0 Å². The van der Waals surface area contributed by atoms with Gasteiger partial charge in [0.05, 0.1) is 17.6 Å². The standard InChI is InChI=1S/C23H17BrN4O/c24-18-12-10-17(11-13-18)20-14-21(19-8-4-5-9-22(19)29)27-23(26-20)28-25-15-16-6-2-1-3-7-16/h1-15,29H,(H,26,27,28)/b25-15+. The molecule has 0 saturated carbocycles. The van der Waals surface area contributed by atoms with Crippen LogP contribution in [-0.2, 0) is 0 Å². The molecule has 1 heterocycles. The summed E-state index contributed by atoms with van der Waals surface area (Å²) < 4.78 is 0.988. The van der Waals surface area contributed by atoms with Crippen molar-refractivity contribution >= 4 is 28.1 Å². The zero-order valence-electron chi connectivity index (χ0n) is 15.3. The Morgan fingerprint density at radius 1 is 0.828 bits per heavy atom. The predicted molar refractivity (Wildman–Crippen MR) is 120 cm³/mol. The average molecular weight is 445 g/mol. The predicted octanol–water partition coefficient (Wildman–Crippen LogP) is 5.72. The van der Waals surface area contributed by atoms with Crippen molar-refractivity contribution in [2.75, 3.05) is 5.43 Å². The highest BCUT2D eigenvalue weighted by atomic mass is 79.9. The lowest BCUT2D eigenvalue weighted by atomic mass is 10.1. The Kier molecular flexibility index (Phi) is 5.63. The van der Waals surface area contributed by atoms with Gasteiger partial charge in [-0.2, -0.15) is 5.10 Å². The number of aromatic nitrogens is 2. The van der Waals surface area contributed by atoms with Gasteiger partial charge in [0.25, 0.3) is 0 Å². The second-order valence-electron chi connectivity index (χ2n) is 6.27. The van der Waals surface area contributed by atoms with Crippen LogP contribution in [-0.4, -0.2) is 21.3 Å². The molecule has 0 aliphatic carbocycles. The Morgan fingerprint density at radius 3 is 2.28 bits per heavy atom.